The molecular weight excluding hydrogens is 488 g/mol. The van der Waals surface area contributed by atoms with E-state index in [2.05, 4.69) is 4.74 Å². The molecule has 37 heavy (non-hydrogen) atoms. The summed E-state index contributed by atoms with van der Waals surface area (Å²) < 4.78 is 22.2. The Balaban J connectivity index is 1.33. The molecule has 3 aliphatic carbocycles. The summed E-state index contributed by atoms with van der Waals surface area (Å²) in [5.74, 6) is -3.44. The molecule has 1 aromatic carbocycles. The first-order valence-electron chi connectivity index (χ1n) is 12.2. The van der Waals surface area contributed by atoms with Crippen LogP contribution in [0.15, 0.2) is 24.0 Å². The Labute approximate surface area is 212 Å². The Bertz CT molecular complexity index is 1200. The van der Waals surface area contributed by atoms with Crippen molar-refractivity contribution >= 4 is 23.9 Å². The van der Waals surface area contributed by atoms with Crippen molar-refractivity contribution in [1.29, 1.82) is 0 Å². The fourth-order valence-corrected chi connectivity index (χ4v) is 6.62. The van der Waals surface area contributed by atoms with Crippen LogP contribution in [0.2, 0.25) is 0 Å². The number of benzene rings is 1. The summed E-state index contributed by atoms with van der Waals surface area (Å²) in [5, 5.41) is 29.8. The van der Waals surface area contributed by atoms with Crippen LogP contribution in [0.3, 0.4) is 0 Å². The second kappa shape index (κ2) is 9.05. The van der Waals surface area contributed by atoms with Gasteiger partial charge in [0.15, 0.2) is 17.6 Å². The lowest BCUT2D eigenvalue weighted by atomic mass is 9.47. The molecule has 0 saturated heterocycles. The minimum Gasteiger partial charge on any atom is -0.493 e. The lowest BCUT2D eigenvalue weighted by Crippen LogP contribution is -2.67. The zero-order valence-corrected chi connectivity index (χ0v) is 20.2. The van der Waals surface area contributed by atoms with E-state index in [9.17, 15) is 24.3 Å². The number of esters is 2. The van der Waals surface area contributed by atoms with Crippen LogP contribution >= 0.6 is 0 Å². The highest BCUT2D eigenvalue weighted by Crippen LogP contribution is 2.67. The summed E-state index contributed by atoms with van der Waals surface area (Å²) >= 11 is 0. The van der Waals surface area contributed by atoms with Crippen LogP contribution in [0.25, 0.3) is 0 Å². The standard InChI is InChI=1S/C26H28O11/c1-34-15-5-4-13-11-14-3-2-9-25-21(13)22(15)37-23(25)16(8-10-26(14,25)33)35-19(29)6-7-20(30)36-17(24(31)32)12-18(27)28/h4-5,8,14,17,23,33H,2-3,6-7,9-12H2,1H3,(H,27,28)(H,31,32)/t14-,17-,23+,25+,26-/m1/s1. The average molecular weight is 516 g/mol. The summed E-state index contributed by atoms with van der Waals surface area (Å²) in [5.41, 5.74) is 0.161. The van der Waals surface area contributed by atoms with E-state index < -0.39 is 66.4 Å². The lowest BCUT2D eigenvalue weighted by Gasteiger charge is -2.59. The van der Waals surface area contributed by atoms with Gasteiger partial charge in [0.25, 0.3) is 0 Å². The number of carboxylic acid groups (broad SMARTS) is 2. The van der Waals surface area contributed by atoms with Crippen LogP contribution < -0.4 is 9.47 Å². The quantitative estimate of drug-likeness (QED) is 0.410. The molecule has 1 heterocycles. The van der Waals surface area contributed by atoms with E-state index >= 15 is 0 Å². The highest BCUT2D eigenvalue weighted by atomic mass is 16.6. The molecule has 11 nitrogen and oxygen atoms in total. The molecule has 5 rings (SSSR count). The van der Waals surface area contributed by atoms with E-state index in [1.165, 1.54) is 0 Å². The maximum absolute atomic E-state index is 12.7. The second-order valence-corrected chi connectivity index (χ2v) is 10.0. The zero-order valence-electron chi connectivity index (χ0n) is 20.2. The number of carboxylic acids is 2. The molecule has 5 atom stereocenters. The van der Waals surface area contributed by atoms with Gasteiger partial charge in [-0.2, -0.15) is 0 Å². The molecule has 0 amide bonds. The van der Waals surface area contributed by atoms with Crippen molar-refractivity contribution < 1.29 is 53.4 Å². The number of carbonyl (C=O) groups is 4. The molecule has 1 saturated carbocycles. The number of hydrogen-bond acceptors (Lipinski definition) is 9. The van der Waals surface area contributed by atoms with Gasteiger partial charge in [-0.1, -0.05) is 12.5 Å². The molecule has 0 unspecified atom stereocenters. The molecule has 1 fully saturated rings. The molecule has 1 spiro atoms. The SMILES string of the molecule is COc1ccc2c3c1O[C@H]1C(OC(=O)CCC(=O)O[C@H](CC(=O)O)C(=O)O)=CC[C@@]4(O)[C@H](CCC[C@]314)C2. The number of ether oxygens (including phenoxy) is 4. The van der Waals surface area contributed by atoms with Gasteiger partial charge >= 0.3 is 23.9 Å². The van der Waals surface area contributed by atoms with Crippen molar-refractivity contribution in [3.05, 3.63) is 35.1 Å². The van der Waals surface area contributed by atoms with E-state index in [-0.39, 0.29) is 18.1 Å². The van der Waals surface area contributed by atoms with E-state index in [4.69, 9.17) is 24.4 Å². The largest absolute Gasteiger partial charge is 0.493 e. The van der Waals surface area contributed by atoms with Gasteiger partial charge in [-0.05, 0) is 49.3 Å². The van der Waals surface area contributed by atoms with Crippen LogP contribution in [0, 0.1) is 5.92 Å². The minimum atomic E-state index is -1.85. The number of hydrogen-bond donors (Lipinski definition) is 3. The fourth-order valence-electron chi connectivity index (χ4n) is 6.62. The highest BCUT2D eigenvalue weighted by molar-refractivity contribution is 5.84. The second-order valence-electron chi connectivity index (χ2n) is 10.0. The molecule has 2 bridgehead atoms. The first-order valence-corrected chi connectivity index (χ1v) is 12.2. The molecule has 198 valence electrons. The van der Waals surface area contributed by atoms with Gasteiger partial charge in [-0.15, -0.1) is 0 Å². The number of carbonyl (C=O) groups excluding carboxylic acids is 2. The van der Waals surface area contributed by atoms with E-state index in [1.54, 1.807) is 13.2 Å². The maximum Gasteiger partial charge on any atom is 0.345 e. The third-order valence-corrected chi connectivity index (χ3v) is 8.14. The van der Waals surface area contributed by atoms with Crippen molar-refractivity contribution in [2.24, 2.45) is 5.92 Å². The average Bonchev–Trinajstić information content (AvgIpc) is 3.18. The van der Waals surface area contributed by atoms with Crippen LogP contribution in [-0.2, 0) is 40.5 Å². The van der Waals surface area contributed by atoms with Crippen LogP contribution in [0.5, 0.6) is 11.5 Å². The first-order chi connectivity index (χ1) is 17.6. The summed E-state index contributed by atoms with van der Waals surface area (Å²) in [4.78, 5) is 46.6. The van der Waals surface area contributed by atoms with Crippen molar-refractivity contribution in [3.63, 3.8) is 0 Å². The first kappa shape index (κ1) is 25.1. The normalized spacial score (nSPS) is 29.2. The number of methoxy groups -OCH3 is 1. The Kier molecular flexibility index (Phi) is 6.13. The van der Waals surface area contributed by atoms with Crippen molar-refractivity contribution in [2.45, 2.75) is 74.6 Å². The van der Waals surface area contributed by atoms with Crippen molar-refractivity contribution in [3.8, 4) is 11.5 Å². The minimum absolute atomic E-state index is 0.0375. The van der Waals surface area contributed by atoms with Gasteiger partial charge in [0, 0.05) is 5.56 Å². The lowest BCUT2D eigenvalue weighted by molar-refractivity contribution is -0.168. The molecule has 1 aliphatic heterocycles. The molecule has 11 heteroatoms. The summed E-state index contributed by atoms with van der Waals surface area (Å²) in [7, 11) is 1.54. The fraction of sp³-hybridized carbons (Fsp3) is 0.538. The topological polar surface area (TPSA) is 166 Å². The molecule has 4 aliphatic rings. The summed E-state index contributed by atoms with van der Waals surface area (Å²) in [6.07, 6.45) is 0.718. The molecule has 0 aromatic heterocycles. The Morgan fingerprint density at radius 2 is 1.92 bits per heavy atom. The van der Waals surface area contributed by atoms with Gasteiger partial charge in [0.1, 0.15) is 5.76 Å². The number of aliphatic carboxylic acids is 2. The monoisotopic (exact) mass is 516 g/mol. The molecular formula is C26H28O11. The predicted molar refractivity (Wildman–Crippen MR) is 123 cm³/mol. The van der Waals surface area contributed by atoms with Crippen molar-refractivity contribution in [2.75, 3.05) is 7.11 Å². The third-order valence-electron chi connectivity index (χ3n) is 8.14. The van der Waals surface area contributed by atoms with Gasteiger partial charge in [0.2, 0.25) is 6.10 Å². The third kappa shape index (κ3) is 3.83. The highest BCUT2D eigenvalue weighted by Gasteiger charge is 2.70. The van der Waals surface area contributed by atoms with E-state index in [0.717, 1.165) is 30.4 Å². The Morgan fingerprint density at radius 1 is 1.16 bits per heavy atom. The van der Waals surface area contributed by atoms with Gasteiger partial charge in [0.05, 0.1) is 37.4 Å². The number of aliphatic hydroxyl groups is 1. The van der Waals surface area contributed by atoms with Crippen LogP contribution in [0.1, 0.15) is 56.1 Å². The van der Waals surface area contributed by atoms with Gasteiger partial charge < -0.3 is 34.3 Å². The van der Waals surface area contributed by atoms with Crippen LogP contribution in [0.4, 0.5) is 0 Å². The zero-order chi connectivity index (χ0) is 26.5. The van der Waals surface area contributed by atoms with E-state index in [1.807, 2.05) is 12.1 Å². The maximum atomic E-state index is 12.7. The van der Waals surface area contributed by atoms with Gasteiger partial charge in [-0.3, -0.25) is 14.4 Å². The Hall–Kier alpha value is -3.60. The number of rotatable bonds is 9. The van der Waals surface area contributed by atoms with E-state index in [0.29, 0.717) is 17.9 Å². The summed E-state index contributed by atoms with van der Waals surface area (Å²) in [6, 6.07) is 3.85. The molecule has 1 aromatic rings. The Morgan fingerprint density at radius 3 is 2.62 bits per heavy atom. The smallest absolute Gasteiger partial charge is 0.345 e. The van der Waals surface area contributed by atoms with Gasteiger partial charge in [-0.25, -0.2) is 4.79 Å². The molecule has 3 N–H and O–H groups in total. The predicted octanol–water partition coefficient (Wildman–Crippen LogP) is 1.86. The van der Waals surface area contributed by atoms with Crippen LogP contribution in [-0.4, -0.2) is 64.1 Å². The summed E-state index contributed by atoms with van der Waals surface area (Å²) in [6.45, 7) is 0. The van der Waals surface area contributed by atoms with Crippen molar-refractivity contribution in [1.82, 2.24) is 0 Å². The molecule has 0 radical (unpaired) electrons.